The van der Waals surface area contributed by atoms with Crippen molar-refractivity contribution in [1.82, 2.24) is 0 Å². The fraction of sp³-hybridized carbons (Fsp3) is 0.444. The summed E-state index contributed by atoms with van der Waals surface area (Å²) in [7, 11) is -0.266. The molecule has 2 N–H and O–H groups in total. The molecule has 0 radical (unpaired) electrons. The number of nitrogens with zero attached hydrogens (tertiary/aromatic N) is 1. The average molecular weight is 217 g/mol. The molecule has 0 aliphatic heterocycles. The number of allylic oxidation sites excluding steroid dienone is 4. The van der Waals surface area contributed by atoms with E-state index >= 15 is 0 Å². The zero-order valence-corrected chi connectivity index (χ0v) is 8.91. The van der Waals surface area contributed by atoms with Crippen LogP contribution in [0.5, 0.6) is 0 Å². The first-order chi connectivity index (χ1) is 6.78. The SMILES string of the molecule is C\N=C/C(B(O)O)=C(C)\C=C\C(C)(F)F. The minimum absolute atomic E-state index is 0.0954. The Bertz CT molecular complexity index is 293. The molecule has 0 fully saturated rings. The van der Waals surface area contributed by atoms with Gasteiger partial charge in [0, 0.05) is 25.7 Å². The van der Waals surface area contributed by atoms with Gasteiger partial charge in [-0.25, -0.2) is 8.78 Å². The Balaban J connectivity index is 4.96. The Kier molecular flexibility index (Phi) is 5.39. The first-order valence-electron chi connectivity index (χ1n) is 4.34. The van der Waals surface area contributed by atoms with Crippen LogP contribution in [0, 0.1) is 0 Å². The van der Waals surface area contributed by atoms with Crippen LogP contribution >= 0.6 is 0 Å². The molecule has 0 heterocycles. The fourth-order valence-electron chi connectivity index (χ4n) is 0.879. The number of hydrogen-bond acceptors (Lipinski definition) is 3. The second-order valence-electron chi connectivity index (χ2n) is 3.19. The van der Waals surface area contributed by atoms with Crippen LogP contribution in [0.2, 0.25) is 0 Å². The normalized spacial score (nSPS) is 14.9. The van der Waals surface area contributed by atoms with Gasteiger partial charge in [-0.1, -0.05) is 6.08 Å². The van der Waals surface area contributed by atoms with Gasteiger partial charge in [-0.2, -0.15) is 0 Å². The Morgan fingerprint density at radius 1 is 1.40 bits per heavy atom. The van der Waals surface area contributed by atoms with Crippen molar-refractivity contribution < 1.29 is 18.8 Å². The molecule has 0 bridgehead atoms. The van der Waals surface area contributed by atoms with Gasteiger partial charge in [0.1, 0.15) is 0 Å². The number of alkyl halides is 2. The van der Waals surface area contributed by atoms with Crippen molar-refractivity contribution in [3.63, 3.8) is 0 Å². The maximum Gasteiger partial charge on any atom is 0.490 e. The van der Waals surface area contributed by atoms with E-state index in [2.05, 4.69) is 4.99 Å². The first kappa shape index (κ1) is 14.0. The largest absolute Gasteiger partial charge is 0.490 e. The predicted molar refractivity (Wildman–Crippen MR) is 57.1 cm³/mol. The number of hydrogen-bond donors (Lipinski definition) is 2. The lowest BCUT2D eigenvalue weighted by atomic mass is 9.77. The Hall–Kier alpha value is -1.01. The molecule has 0 saturated carbocycles. The van der Waals surface area contributed by atoms with Gasteiger partial charge in [0.15, 0.2) is 0 Å². The highest BCUT2D eigenvalue weighted by molar-refractivity contribution is 6.57. The smallest absolute Gasteiger partial charge is 0.423 e. The van der Waals surface area contributed by atoms with Crippen molar-refractivity contribution in [2.24, 2.45) is 4.99 Å². The van der Waals surface area contributed by atoms with E-state index in [1.807, 2.05) is 0 Å². The van der Waals surface area contributed by atoms with Gasteiger partial charge in [-0.05, 0) is 18.6 Å². The summed E-state index contributed by atoms with van der Waals surface area (Å²) < 4.78 is 24.9. The molecule has 0 atom stereocenters. The van der Waals surface area contributed by atoms with Crippen LogP contribution in [0.4, 0.5) is 8.78 Å². The highest BCUT2D eigenvalue weighted by Crippen LogP contribution is 2.15. The van der Waals surface area contributed by atoms with Gasteiger partial charge in [0.25, 0.3) is 5.92 Å². The summed E-state index contributed by atoms with van der Waals surface area (Å²) in [5.41, 5.74) is 0.426. The second kappa shape index (κ2) is 5.77. The summed E-state index contributed by atoms with van der Waals surface area (Å²) in [6.45, 7) is 2.25. The minimum Gasteiger partial charge on any atom is -0.423 e. The lowest BCUT2D eigenvalue weighted by Gasteiger charge is -2.05. The van der Waals surface area contributed by atoms with Crippen LogP contribution < -0.4 is 0 Å². The summed E-state index contributed by atoms with van der Waals surface area (Å²) in [6.07, 6.45) is 3.04. The Morgan fingerprint density at radius 3 is 2.27 bits per heavy atom. The molecule has 6 heteroatoms. The molecule has 0 unspecified atom stereocenters. The molecule has 0 spiro atoms. The van der Waals surface area contributed by atoms with E-state index < -0.39 is 13.0 Å². The van der Waals surface area contributed by atoms with Crippen molar-refractivity contribution in [3.05, 3.63) is 23.2 Å². The van der Waals surface area contributed by atoms with E-state index in [0.717, 1.165) is 13.0 Å². The van der Waals surface area contributed by atoms with Crippen LogP contribution in [0.1, 0.15) is 13.8 Å². The van der Waals surface area contributed by atoms with Crippen molar-refractivity contribution in [2.45, 2.75) is 19.8 Å². The highest BCUT2D eigenvalue weighted by atomic mass is 19.3. The summed E-state index contributed by atoms with van der Waals surface area (Å²) >= 11 is 0. The van der Waals surface area contributed by atoms with Gasteiger partial charge < -0.3 is 10.0 Å². The zero-order valence-electron chi connectivity index (χ0n) is 8.91. The maximum atomic E-state index is 12.5. The molecule has 0 amide bonds. The van der Waals surface area contributed by atoms with Crippen molar-refractivity contribution >= 4 is 13.3 Å². The summed E-state index contributed by atoms with van der Waals surface area (Å²) in [4.78, 5) is 3.60. The van der Waals surface area contributed by atoms with E-state index in [-0.39, 0.29) is 5.47 Å². The molecule has 0 aromatic carbocycles. The van der Waals surface area contributed by atoms with Crippen LogP contribution in [-0.4, -0.2) is 36.4 Å². The monoisotopic (exact) mass is 217 g/mol. The number of halogens is 2. The lowest BCUT2D eigenvalue weighted by Crippen LogP contribution is -2.18. The molecule has 84 valence electrons. The Morgan fingerprint density at radius 2 is 1.93 bits per heavy atom. The average Bonchev–Trinajstić information content (AvgIpc) is 2.08. The molecule has 0 rings (SSSR count). The Labute approximate surface area is 88.0 Å². The van der Waals surface area contributed by atoms with Gasteiger partial charge in [0.05, 0.1) is 0 Å². The highest BCUT2D eigenvalue weighted by Gasteiger charge is 2.17. The van der Waals surface area contributed by atoms with Crippen LogP contribution in [0.25, 0.3) is 0 Å². The molecule has 0 aliphatic carbocycles. The third kappa shape index (κ3) is 6.14. The van der Waals surface area contributed by atoms with Crippen LogP contribution in [0.3, 0.4) is 0 Å². The van der Waals surface area contributed by atoms with E-state index in [1.54, 1.807) is 0 Å². The number of aliphatic imine (C=N–C) groups is 1. The first-order valence-corrected chi connectivity index (χ1v) is 4.34. The molecule has 0 aliphatic rings. The third-order valence-corrected chi connectivity index (χ3v) is 1.63. The molecule has 0 aromatic rings. The van der Waals surface area contributed by atoms with Gasteiger partial charge in [0.2, 0.25) is 0 Å². The molecule has 3 nitrogen and oxygen atoms in total. The van der Waals surface area contributed by atoms with E-state index in [0.29, 0.717) is 11.6 Å². The van der Waals surface area contributed by atoms with Crippen molar-refractivity contribution in [3.8, 4) is 0 Å². The third-order valence-electron chi connectivity index (χ3n) is 1.63. The quantitative estimate of drug-likeness (QED) is 0.422. The fourth-order valence-corrected chi connectivity index (χ4v) is 0.879. The summed E-state index contributed by atoms with van der Waals surface area (Å²) in [5, 5.41) is 17.9. The molecule has 0 aromatic heterocycles. The van der Waals surface area contributed by atoms with Crippen LogP contribution in [-0.2, 0) is 0 Å². The lowest BCUT2D eigenvalue weighted by molar-refractivity contribution is 0.0774. The summed E-state index contributed by atoms with van der Waals surface area (Å²) in [6, 6.07) is 0. The summed E-state index contributed by atoms with van der Waals surface area (Å²) in [5.74, 6) is -2.92. The molecule has 0 saturated heterocycles. The van der Waals surface area contributed by atoms with Crippen LogP contribution in [0.15, 0.2) is 28.2 Å². The maximum absolute atomic E-state index is 12.5. The number of rotatable bonds is 4. The topological polar surface area (TPSA) is 52.8 Å². The van der Waals surface area contributed by atoms with E-state index in [1.165, 1.54) is 20.2 Å². The van der Waals surface area contributed by atoms with Gasteiger partial charge >= 0.3 is 7.12 Å². The second-order valence-corrected chi connectivity index (χ2v) is 3.19. The van der Waals surface area contributed by atoms with Gasteiger partial charge in [-0.15, -0.1) is 0 Å². The molecule has 15 heavy (non-hydrogen) atoms. The predicted octanol–water partition coefficient (Wildman–Crippen LogP) is 1.23. The van der Waals surface area contributed by atoms with E-state index in [9.17, 15) is 8.78 Å². The van der Waals surface area contributed by atoms with Gasteiger partial charge in [-0.3, -0.25) is 4.99 Å². The molecular weight excluding hydrogens is 203 g/mol. The van der Waals surface area contributed by atoms with E-state index in [4.69, 9.17) is 10.0 Å². The van der Waals surface area contributed by atoms with Crippen molar-refractivity contribution in [2.75, 3.05) is 7.05 Å². The molecular formula is C9H14BF2NO2. The van der Waals surface area contributed by atoms with Crippen molar-refractivity contribution in [1.29, 1.82) is 0 Å². The standard InChI is InChI=1S/C9H14BF2NO2/c1-7(4-5-9(2,11)12)8(6-13-3)10(14)15/h4-6,14-15H,1-3H3/b5-4+,8-7+,13-6-. The zero-order chi connectivity index (χ0) is 12.1. The minimum atomic E-state index is -2.92.